The summed E-state index contributed by atoms with van der Waals surface area (Å²) in [6.45, 7) is 9.67. The fraction of sp³-hybridized carbons (Fsp3) is 0.562. The number of nitrogen functional groups attached to an aromatic ring is 1. The number of carbonyl (C=O) groups is 1. The number of anilines is 2. The highest BCUT2D eigenvalue weighted by Crippen LogP contribution is 2.29. The van der Waals surface area contributed by atoms with Gasteiger partial charge < -0.3 is 20.3 Å². The van der Waals surface area contributed by atoms with E-state index in [1.165, 1.54) is 0 Å². The highest BCUT2D eigenvalue weighted by Gasteiger charge is 2.31. The van der Waals surface area contributed by atoms with Gasteiger partial charge in [0.1, 0.15) is 5.60 Å². The number of rotatable bonds is 1. The van der Waals surface area contributed by atoms with E-state index < -0.39 is 5.60 Å². The average Bonchev–Trinajstić information content (AvgIpc) is 2.36. The summed E-state index contributed by atoms with van der Waals surface area (Å²) in [4.78, 5) is 16.2. The van der Waals surface area contributed by atoms with E-state index in [2.05, 4.69) is 4.90 Å². The molecule has 1 aliphatic rings. The lowest BCUT2D eigenvalue weighted by Gasteiger charge is -2.41. The number of nitrogens with zero attached hydrogens (tertiary/aromatic N) is 2. The SMILES string of the molecule is C[C@H]1CN(c2ccc(N)cc2Cl)CCN1C(=O)OC(C)(C)C. The molecule has 1 atom stereocenters. The maximum absolute atomic E-state index is 12.2. The first-order chi connectivity index (χ1) is 10.2. The Labute approximate surface area is 137 Å². The predicted molar refractivity (Wildman–Crippen MR) is 90.5 cm³/mol. The molecule has 1 heterocycles. The molecule has 1 saturated heterocycles. The quantitative estimate of drug-likeness (QED) is 0.804. The second-order valence-corrected chi connectivity index (χ2v) is 7.09. The number of carbonyl (C=O) groups excluding carboxylic acids is 1. The van der Waals surface area contributed by atoms with E-state index in [0.29, 0.717) is 30.3 Å². The summed E-state index contributed by atoms with van der Waals surface area (Å²) in [5.41, 5.74) is 6.85. The molecule has 1 aliphatic heterocycles. The summed E-state index contributed by atoms with van der Waals surface area (Å²) >= 11 is 6.27. The lowest BCUT2D eigenvalue weighted by Crippen LogP contribution is -2.55. The number of piperazine rings is 1. The first kappa shape index (κ1) is 16.7. The molecule has 1 fully saturated rings. The summed E-state index contributed by atoms with van der Waals surface area (Å²) in [7, 11) is 0. The Kier molecular flexibility index (Phi) is 4.75. The molecular formula is C16H24ClN3O2. The van der Waals surface area contributed by atoms with Crippen LogP contribution in [0.1, 0.15) is 27.7 Å². The van der Waals surface area contributed by atoms with Crippen LogP contribution in [-0.4, -0.2) is 42.3 Å². The van der Waals surface area contributed by atoms with Crippen molar-refractivity contribution in [3.05, 3.63) is 23.2 Å². The van der Waals surface area contributed by atoms with Crippen molar-refractivity contribution in [2.75, 3.05) is 30.3 Å². The number of benzene rings is 1. The van der Waals surface area contributed by atoms with E-state index in [4.69, 9.17) is 22.1 Å². The van der Waals surface area contributed by atoms with Gasteiger partial charge in [-0.1, -0.05) is 11.6 Å². The van der Waals surface area contributed by atoms with E-state index in [-0.39, 0.29) is 12.1 Å². The Morgan fingerprint density at radius 3 is 2.59 bits per heavy atom. The van der Waals surface area contributed by atoms with Crippen molar-refractivity contribution in [1.82, 2.24) is 4.90 Å². The third kappa shape index (κ3) is 3.97. The fourth-order valence-electron chi connectivity index (χ4n) is 2.55. The van der Waals surface area contributed by atoms with Crippen LogP contribution in [0.2, 0.25) is 5.02 Å². The zero-order valence-electron chi connectivity index (χ0n) is 13.6. The van der Waals surface area contributed by atoms with Crippen LogP contribution in [0.15, 0.2) is 18.2 Å². The summed E-state index contributed by atoms with van der Waals surface area (Å²) in [5, 5.41) is 0.637. The van der Waals surface area contributed by atoms with Gasteiger partial charge in [0.2, 0.25) is 0 Å². The number of halogens is 1. The van der Waals surface area contributed by atoms with Crippen LogP contribution >= 0.6 is 11.6 Å². The van der Waals surface area contributed by atoms with Crippen LogP contribution < -0.4 is 10.6 Å². The molecule has 0 spiro atoms. The molecule has 2 N–H and O–H groups in total. The fourth-order valence-corrected chi connectivity index (χ4v) is 2.86. The minimum Gasteiger partial charge on any atom is -0.444 e. The first-order valence-electron chi connectivity index (χ1n) is 7.47. The largest absolute Gasteiger partial charge is 0.444 e. The van der Waals surface area contributed by atoms with E-state index >= 15 is 0 Å². The van der Waals surface area contributed by atoms with Gasteiger partial charge in [-0.25, -0.2) is 4.79 Å². The maximum atomic E-state index is 12.2. The molecule has 0 aliphatic carbocycles. The van der Waals surface area contributed by atoms with E-state index in [1.54, 1.807) is 11.0 Å². The van der Waals surface area contributed by atoms with Gasteiger partial charge in [0, 0.05) is 31.4 Å². The van der Waals surface area contributed by atoms with Crippen LogP contribution in [0, 0.1) is 0 Å². The minimum atomic E-state index is -0.478. The molecular weight excluding hydrogens is 302 g/mol. The Morgan fingerprint density at radius 2 is 2.05 bits per heavy atom. The maximum Gasteiger partial charge on any atom is 0.410 e. The molecule has 0 radical (unpaired) electrons. The summed E-state index contributed by atoms with van der Waals surface area (Å²) < 4.78 is 5.45. The Bertz CT molecular complexity index is 557. The van der Waals surface area contributed by atoms with Crippen LogP contribution in [0.4, 0.5) is 16.2 Å². The van der Waals surface area contributed by atoms with Gasteiger partial charge in [-0.2, -0.15) is 0 Å². The Hall–Kier alpha value is -1.62. The highest BCUT2D eigenvalue weighted by atomic mass is 35.5. The van der Waals surface area contributed by atoms with Crippen LogP contribution in [0.5, 0.6) is 0 Å². The Morgan fingerprint density at radius 1 is 1.36 bits per heavy atom. The third-order valence-corrected chi connectivity index (χ3v) is 3.87. The number of amides is 1. The molecule has 0 saturated carbocycles. The van der Waals surface area contributed by atoms with Gasteiger partial charge in [0.25, 0.3) is 0 Å². The van der Waals surface area contributed by atoms with Gasteiger partial charge in [-0.3, -0.25) is 0 Å². The molecule has 1 aromatic carbocycles. The Balaban J connectivity index is 2.05. The minimum absolute atomic E-state index is 0.0530. The number of nitrogens with two attached hydrogens (primary N) is 1. The molecule has 1 amide bonds. The van der Waals surface area contributed by atoms with Gasteiger partial charge in [-0.15, -0.1) is 0 Å². The van der Waals surface area contributed by atoms with Crippen molar-refractivity contribution in [3.8, 4) is 0 Å². The summed E-state index contributed by atoms with van der Waals surface area (Å²) in [5.74, 6) is 0. The van der Waals surface area contributed by atoms with Crippen molar-refractivity contribution >= 4 is 29.1 Å². The standard InChI is InChI=1S/C16H24ClN3O2/c1-11-10-19(14-6-5-12(18)9-13(14)17)7-8-20(11)15(21)22-16(2,3)4/h5-6,9,11H,7-8,10,18H2,1-4H3/t11-/m0/s1. The van der Waals surface area contributed by atoms with Gasteiger partial charge in [0.05, 0.1) is 10.7 Å². The van der Waals surface area contributed by atoms with Gasteiger partial charge in [-0.05, 0) is 45.9 Å². The topological polar surface area (TPSA) is 58.8 Å². The lowest BCUT2D eigenvalue weighted by molar-refractivity contribution is 0.0159. The molecule has 6 heteroatoms. The van der Waals surface area contributed by atoms with Crippen molar-refractivity contribution < 1.29 is 9.53 Å². The second kappa shape index (κ2) is 6.24. The summed E-state index contributed by atoms with van der Waals surface area (Å²) in [6.07, 6.45) is -0.261. The van der Waals surface area contributed by atoms with Crippen molar-refractivity contribution in [2.24, 2.45) is 0 Å². The second-order valence-electron chi connectivity index (χ2n) is 6.68. The molecule has 5 nitrogen and oxygen atoms in total. The van der Waals surface area contributed by atoms with Crippen LogP contribution in [-0.2, 0) is 4.74 Å². The van der Waals surface area contributed by atoms with Gasteiger partial charge >= 0.3 is 6.09 Å². The monoisotopic (exact) mass is 325 g/mol. The van der Waals surface area contributed by atoms with Gasteiger partial charge in [0.15, 0.2) is 0 Å². The smallest absolute Gasteiger partial charge is 0.410 e. The lowest BCUT2D eigenvalue weighted by atomic mass is 10.1. The zero-order chi connectivity index (χ0) is 16.5. The molecule has 1 aromatic rings. The van der Waals surface area contributed by atoms with Crippen LogP contribution in [0.3, 0.4) is 0 Å². The van der Waals surface area contributed by atoms with Crippen LogP contribution in [0.25, 0.3) is 0 Å². The van der Waals surface area contributed by atoms with Crippen molar-refractivity contribution in [2.45, 2.75) is 39.3 Å². The molecule has 22 heavy (non-hydrogen) atoms. The van der Waals surface area contributed by atoms with E-state index in [1.807, 2.05) is 39.8 Å². The molecule has 0 aromatic heterocycles. The highest BCUT2D eigenvalue weighted by molar-refractivity contribution is 6.33. The predicted octanol–water partition coefficient (Wildman–Crippen LogP) is 3.37. The van der Waals surface area contributed by atoms with Crippen molar-refractivity contribution in [3.63, 3.8) is 0 Å². The third-order valence-electron chi connectivity index (χ3n) is 3.57. The molecule has 122 valence electrons. The molecule has 0 unspecified atom stereocenters. The van der Waals surface area contributed by atoms with Crippen molar-refractivity contribution in [1.29, 1.82) is 0 Å². The van der Waals surface area contributed by atoms with E-state index in [0.717, 1.165) is 5.69 Å². The number of hydrogen-bond donors (Lipinski definition) is 1. The zero-order valence-corrected chi connectivity index (χ0v) is 14.4. The molecule has 2 rings (SSSR count). The average molecular weight is 326 g/mol. The number of ether oxygens (including phenoxy) is 1. The summed E-state index contributed by atoms with van der Waals surface area (Å²) in [6, 6.07) is 5.57. The molecule has 0 bridgehead atoms. The normalized spacial score (nSPS) is 19.2. The first-order valence-corrected chi connectivity index (χ1v) is 7.85. The number of hydrogen-bond acceptors (Lipinski definition) is 4. The van der Waals surface area contributed by atoms with E-state index in [9.17, 15) is 4.79 Å².